The summed E-state index contributed by atoms with van der Waals surface area (Å²) >= 11 is 0.276. The van der Waals surface area contributed by atoms with Gasteiger partial charge in [-0.15, -0.1) is 0 Å². The molecule has 0 bridgehead atoms. The molecule has 0 spiro atoms. The van der Waals surface area contributed by atoms with Crippen molar-refractivity contribution < 1.29 is 0 Å². The van der Waals surface area contributed by atoms with Gasteiger partial charge in [0.15, 0.2) is 0 Å². The summed E-state index contributed by atoms with van der Waals surface area (Å²) in [5.74, 6) is 0. The number of hydrogen-bond acceptors (Lipinski definition) is 0. The van der Waals surface area contributed by atoms with Crippen molar-refractivity contribution in [2.75, 3.05) is 0 Å². The fraction of sp³-hybridized carbons (Fsp3) is 0.158. The molecule has 2 aliphatic heterocycles. The third-order valence-corrected chi connectivity index (χ3v) is 12.5. The number of rotatable bonds is 2. The first-order chi connectivity index (χ1) is 20.2. The van der Waals surface area contributed by atoms with Crippen molar-refractivity contribution in [3.8, 4) is 5.69 Å². The van der Waals surface area contributed by atoms with Crippen LogP contribution in [-0.2, 0) is 18.3 Å². The van der Waals surface area contributed by atoms with Crippen LogP contribution in [0.2, 0.25) is 0 Å². The number of aryl methyl sites for hydroxylation is 1. The van der Waals surface area contributed by atoms with E-state index < -0.39 is 0 Å². The molecule has 0 saturated carbocycles. The Balaban J connectivity index is 1.31. The number of para-hydroxylation sites is 1. The van der Waals surface area contributed by atoms with Gasteiger partial charge in [0.2, 0.25) is 0 Å². The molecule has 41 heavy (non-hydrogen) atoms. The zero-order valence-electron chi connectivity index (χ0n) is 23.2. The van der Waals surface area contributed by atoms with Gasteiger partial charge in [0.25, 0.3) is 0 Å². The van der Waals surface area contributed by atoms with Crippen molar-refractivity contribution in [2.45, 2.75) is 38.0 Å². The standard InChI is InChI=1S/C38H30BNSe/c1-38(25-12-3-2-4-13-25)29-16-7-8-18-31(29)39-32-24-26(22-23-35(32)41-36-21-11-17-30(38)37(36)39)40-33-19-9-5-14-27(33)28-15-6-10-20-34(28)40/h2-5,7-9,11-14,16-19,21-24H,6,10,15,20H2,1H3. The first-order valence-electron chi connectivity index (χ1n) is 14.9. The van der Waals surface area contributed by atoms with E-state index in [9.17, 15) is 0 Å². The maximum atomic E-state index is 2.60. The summed E-state index contributed by atoms with van der Waals surface area (Å²) in [6.45, 7) is 2.71. The van der Waals surface area contributed by atoms with E-state index >= 15 is 0 Å². The fourth-order valence-electron chi connectivity index (χ4n) is 8.18. The SMILES string of the molecule is CC1(c2ccccc2)c2ccccc2B2c3cc(-n4c5c(c6ccccc64)CCCC5)ccc3[Se]c3cccc1c32. The minimum atomic E-state index is -0.180. The van der Waals surface area contributed by atoms with Crippen LogP contribution in [0.4, 0.5) is 0 Å². The topological polar surface area (TPSA) is 4.93 Å². The monoisotopic (exact) mass is 591 g/mol. The molecule has 196 valence electrons. The molecule has 0 saturated heterocycles. The molecule has 3 heteroatoms. The first-order valence-corrected chi connectivity index (χ1v) is 16.7. The van der Waals surface area contributed by atoms with Crippen LogP contribution in [0.1, 0.15) is 47.7 Å². The Hall–Kier alpha value is -3.78. The molecule has 3 heterocycles. The number of fused-ring (bicyclic) bond motifs is 7. The molecule has 0 fully saturated rings. The normalized spacial score (nSPS) is 18.4. The van der Waals surface area contributed by atoms with Crippen LogP contribution in [0.25, 0.3) is 16.6 Å². The predicted octanol–water partition coefficient (Wildman–Crippen LogP) is 4.66. The first kappa shape index (κ1) is 23.9. The maximum absolute atomic E-state index is 2.60. The molecule has 0 radical (unpaired) electrons. The van der Waals surface area contributed by atoms with Crippen LogP contribution in [0.3, 0.4) is 0 Å². The number of aromatic nitrogens is 1. The molecule has 1 aromatic heterocycles. The van der Waals surface area contributed by atoms with Crippen molar-refractivity contribution in [3.63, 3.8) is 0 Å². The van der Waals surface area contributed by atoms with Gasteiger partial charge in [0, 0.05) is 0 Å². The summed E-state index contributed by atoms with van der Waals surface area (Å²) in [5, 5.41) is 1.44. The summed E-state index contributed by atoms with van der Waals surface area (Å²) in [5.41, 5.74) is 14.4. The van der Waals surface area contributed by atoms with Crippen LogP contribution < -0.4 is 25.3 Å². The average Bonchev–Trinajstić information content (AvgIpc) is 3.37. The molecule has 3 aliphatic rings. The quantitative estimate of drug-likeness (QED) is 0.259. The summed E-state index contributed by atoms with van der Waals surface area (Å²) in [7, 11) is 0. The van der Waals surface area contributed by atoms with Crippen LogP contribution in [0, 0.1) is 0 Å². The van der Waals surface area contributed by atoms with Gasteiger partial charge < -0.3 is 0 Å². The fourth-order valence-corrected chi connectivity index (χ4v) is 10.6. The summed E-state index contributed by atoms with van der Waals surface area (Å²) in [6, 6.07) is 44.0. The van der Waals surface area contributed by atoms with E-state index in [2.05, 4.69) is 127 Å². The Morgan fingerprint density at radius 2 is 1.46 bits per heavy atom. The van der Waals surface area contributed by atoms with E-state index in [0.29, 0.717) is 0 Å². The van der Waals surface area contributed by atoms with Gasteiger partial charge in [-0.2, -0.15) is 0 Å². The molecule has 0 N–H and O–H groups in total. The Kier molecular flexibility index (Phi) is 5.16. The zero-order valence-corrected chi connectivity index (χ0v) is 24.9. The van der Waals surface area contributed by atoms with Gasteiger partial charge in [0.05, 0.1) is 0 Å². The summed E-state index contributed by atoms with van der Waals surface area (Å²) in [6.07, 6.45) is 4.94. The van der Waals surface area contributed by atoms with E-state index in [4.69, 9.17) is 0 Å². The predicted molar refractivity (Wildman–Crippen MR) is 174 cm³/mol. The second kappa shape index (κ2) is 8.86. The van der Waals surface area contributed by atoms with Crippen molar-refractivity contribution in [1.29, 1.82) is 0 Å². The third kappa shape index (κ3) is 3.25. The number of benzene rings is 5. The van der Waals surface area contributed by atoms with Gasteiger partial charge in [-0.05, 0) is 0 Å². The molecular weight excluding hydrogens is 560 g/mol. The van der Waals surface area contributed by atoms with E-state index in [-0.39, 0.29) is 27.1 Å². The molecule has 0 amide bonds. The molecule has 9 rings (SSSR count). The van der Waals surface area contributed by atoms with Crippen molar-refractivity contribution in [1.82, 2.24) is 4.57 Å². The molecule has 5 aromatic carbocycles. The average molecular weight is 590 g/mol. The minimum absolute atomic E-state index is 0.180. The van der Waals surface area contributed by atoms with Gasteiger partial charge in [-0.1, -0.05) is 0 Å². The number of hydrogen-bond donors (Lipinski definition) is 0. The molecule has 1 atom stereocenters. The van der Waals surface area contributed by atoms with E-state index in [1.54, 1.807) is 15.5 Å². The zero-order chi connectivity index (χ0) is 27.1. The van der Waals surface area contributed by atoms with E-state index in [0.717, 1.165) is 0 Å². The van der Waals surface area contributed by atoms with Gasteiger partial charge in [0.1, 0.15) is 0 Å². The Morgan fingerprint density at radius 3 is 2.39 bits per heavy atom. The molecule has 1 aliphatic carbocycles. The summed E-state index contributed by atoms with van der Waals surface area (Å²) < 4.78 is 5.67. The Labute approximate surface area is 248 Å². The van der Waals surface area contributed by atoms with Gasteiger partial charge in [-0.25, -0.2) is 0 Å². The molecule has 1 nitrogen and oxygen atoms in total. The Morgan fingerprint density at radius 1 is 0.683 bits per heavy atom. The van der Waals surface area contributed by atoms with Crippen molar-refractivity contribution >= 4 is 57.9 Å². The van der Waals surface area contributed by atoms with Crippen LogP contribution in [-0.4, -0.2) is 26.2 Å². The molecular formula is C38H30BNSe. The van der Waals surface area contributed by atoms with Crippen LogP contribution >= 0.6 is 0 Å². The van der Waals surface area contributed by atoms with Crippen molar-refractivity contribution in [2.24, 2.45) is 0 Å². The van der Waals surface area contributed by atoms with Crippen LogP contribution in [0.15, 0.2) is 115 Å². The van der Waals surface area contributed by atoms with Gasteiger partial charge >= 0.3 is 249 Å². The second-order valence-electron chi connectivity index (χ2n) is 12.0. The van der Waals surface area contributed by atoms with E-state index in [1.165, 1.54) is 80.0 Å². The second-order valence-corrected chi connectivity index (χ2v) is 14.3. The molecule has 1 unspecified atom stereocenters. The third-order valence-electron chi connectivity index (χ3n) is 10.0. The number of nitrogens with zero attached hydrogens (tertiary/aromatic N) is 1. The Bertz CT molecular complexity index is 2010. The van der Waals surface area contributed by atoms with Crippen LogP contribution in [0.5, 0.6) is 0 Å². The molecule has 6 aromatic rings. The van der Waals surface area contributed by atoms with Gasteiger partial charge in [-0.3, -0.25) is 0 Å². The summed E-state index contributed by atoms with van der Waals surface area (Å²) in [4.78, 5) is 0. The van der Waals surface area contributed by atoms with Crippen molar-refractivity contribution in [3.05, 3.63) is 143 Å². The van der Waals surface area contributed by atoms with E-state index in [1.807, 2.05) is 0 Å².